The molecule has 2 rings (SSSR count). The fourth-order valence-electron chi connectivity index (χ4n) is 1.95. The SMILES string of the molecule is CC(C)(C)OC(=O)N1CCC(F)(F)c2ncc(N)cc21. The van der Waals surface area contributed by atoms with Crippen LogP contribution in [0.25, 0.3) is 0 Å². The lowest BCUT2D eigenvalue weighted by atomic mass is 10.0. The Hall–Kier alpha value is -1.92. The Balaban J connectivity index is 2.39. The summed E-state index contributed by atoms with van der Waals surface area (Å²) in [5.74, 6) is -3.07. The zero-order valence-corrected chi connectivity index (χ0v) is 11.6. The standard InChI is InChI=1S/C13H17F2N3O2/c1-12(2,3)20-11(19)18-5-4-13(14,15)10-9(18)6-8(16)7-17-10/h6-7H,4-5,16H2,1-3H3. The van der Waals surface area contributed by atoms with Crippen molar-refractivity contribution < 1.29 is 18.3 Å². The molecule has 0 atom stereocenters. The smallest absolute Gasteiger partial charge is 0.414 e. The second-order valence-corrected chi connectivity index (χ2v) is 5.72. The van der Waals surface area contributed by atoms with Crippen molar-refractivity contribution in [2.75, 3.05) is 17.2 Å². The maximum Gasteiger partial charge on any atom is 0.414 e. The summed E-state index contributed by atoms with van der Waals surface area (Å²) in [6.45, 7) is 4.99. The molecule has 5 nitrogen and oxygen atoms in total. The third kappa shape index (κ3) is 2.81. The molecule has 0 spiro atoms. The van der Waals surface area contributed by atoms with Crippen LogP contribution in [0.2, 0.25) is 0 Å². The molecule has 0 bridgehead atoms. The molecule has 0 aromatic carbocycles. The lowest BCUT2D eigenvalue weighted by Gasteiger charge is -2.34. The van der Waals surface area contributed by atoms with Gasteiger partial charge in [-0.1, -0.05) is 0 Å². The zero-order valence-electron chi connectivity index (χ0n) is 11.6. The maximum absolute atomic E-state index is 13.8. The molecule has 1 aliphatic heterocycles. The first-order valence-electron chi connectivity index (χ1n) is 6.24. The minimum absolute atomic E-state index is 0.00972. The lowest BCUT2D eigenvalue weighted by Crippen LogP contribution is -2.43. The number of hydrogen-bond donors (Lipinski definition) is 1. The molecule has 0 aliphatic carbocycles. The van der Waals surface area contributed by atoms with E-state index in [0.29, 0.717) is 0 Å². The van der Waals surface area contributed by atoms with Gasteiger partial charge < -0.3 is 10.5 Å². The van der Waals surface area contributed by atoms with Crippen LogP contribution in [0.5, 0.6) is 0 Å². The van der Waals surface area contributed by atoms with Crippen LogP contribution in [0.3, 0.4) is 0 Å². The van der Waals surface area contributed by atoms with Crippen LogP contribution in [0.1, 0.15) is 32.9 Å². The average molecular weight is 285 g/mol. The molecule has 2 heterocycles. The molecule has 110 valence electrons. The topological polar surface area (TPSA) is 68.5 Å². The summed E-state index contributed by atoms with van der Waals surface area (Å²) in [6.07, 6.45) is -0.0109. The van der Waals surface area contributed by atoms with Crippen LogP contribution in [0.4, 0.5) is 25.0 Å². The number of nitrogens with zero attached hydrogens (tertiary/aromatic N) is 2. The van der Waals surface area contributed by atoms with Crippen molar-refractivity contribution in [3.8, 4) is 0 Å². The predicted molar refractivity (Wildman–Crippen MR) is 70.7 cm³/mol. The first-order valence-corrected chi connectivity index (χ1v) is 6.24. The molecule has 1 aromatic heterocycles. The van der Waals surface area contributed by atoms with Gasteiger partial charge in [0.1, 0.15) is 11.3 Å². The first kappa shape index (κ1) is 14.5. The Labute approximate surface area is 115 Å². The van der Waals surface area contributed by atoms with Gasteiger partial charge in [0.25, 0.3) is 5.92 Å². The fourth-order valence-corrected chi connectivity index (χ4v) is 1.95. The molecule has 0 fully saturated rings. The van der Waals surface area contributed by atoms with E-state index in [0.717, 1.165) is 11.1 Å². The zero-order chi connectivity index (χ0) is 15.1. The molecule has 0 saturated heterocycles. The van der Waals surface area contributed by atoms with Crippen molar-refractivity contribution in [2.45, 2.75) is 38.7 Å². The molecule has 20 heavy (non-hydrogen) atoms. The molecular formula is C13H17F2N3O2. The van der Waals surface area contributed by atoms with Gasteiger partial charge in [-0.3, -0.25) is 9.88 Å². The van der Waals surface area contributed by atoms with Crippen molar-refractivity contribution in [2.24, 2.45) is 0 Å². The number of carbonyl (C=O) groups excluding carboxylic acids is 1. The van der Waals surface area contributed by atoms with E-state index in [9.17, 15) is 13.6 Å². The number of carbonyl (C=O) groups is 1. The maximum atomic E-state index is 13.8. The van der Waals surface area contributed by atoms with Crippen LogP contribution in [-0.4, -0.2) is 23.2 Å². The Kier molecular flexibility index (Phi) is 3.31. The Morgan fingerprint density at radius 3 is 2.75 bits per heavy atom. The molecular weight excluding hydrogens is 268 g/mol. The number of nitrogens with two attached hydrogens (primary N) is 1. The first-order chi connectivity index (χ1) is 9.10. The molecule has 0 radical (unpaired) electrons. The lowest BCUT2D eigenvalue weighted by molar-refractivity contribution is -0.0204. The average Bonchev–Trinajstić information content (AvgIpc) is 2.25. The number of aromatic nitrogens is 1. The summed E-state index contributed by atoms with van der Waals surface area (Å²) in [5, 5.41) is 0. The normalized spacial score (nSPS) is 17.6. The Morgan fingerprint density at radius 1 is 1.50 bits per heavy atom. The quantitative estimate of drug-likeness (QED) is 0.795. The van der Waals surface area contributed by atoms with Gasteiger partial charge >= 0.3 is 6.09 Å². The van der Waals surface area contributed by atoms with Crippen LogP contribution in [-0.2, 0) is 10.7 Å². The monoisotopic (exact) mass is 285 g/mol. The summed E-state index contributed by atoms with van der Waals surface area (Å²) >= 11 is 0. The van der Waals surface area contributed by atoms with Crippen molar-refractivity contribution in [1.29, 1.82) is 0 Å². The molecule has 1 aliphatic rings. The van der Waals surface area contributed by atoms with Gasteiger partial charge in [0.2, 0.25) is 0 Å². The predicted octanol–water partition coefficient (Wildman–Crippen LogP) is 2.90. The molecule has 1 amide bonds. The second kappa shape index (κ2) is 4.57. The van der Waals surface area contributed by atoms with Gasteiger partial charge in [0, 0.05) is 13.0 Å². The van der Waals surface area contributed by atoms with Crippen LogP contribution < -0.4 is 10.6 Å². The summed E-state index contributed by atoms with van der Waals surface area (Å²) in [4.78, 5) is 16.9. The Bertz CT molecular complexity index is 541. The molecule has 2 N–H and O–H groups in total. The fraction of sp³-hybridized carbons (Fsp3) is 0.538. The number of amides is 1. The van der Waals surface area contributed by atoms with Crippen LogP contribution in [0.15, 0.2) is 12.3 Å². The van der Waals surface area contributed by atoms with E-state index in [1.54, 1.807) is 20.8 Å². The van der Waals surface area contributed by atoms with Crippen molar-refractivity contribution >= 4 is 17.5 Å². The highest BCUT2D eigenvalue weighted by atomic mass is 19.3. The van der Waals surface area contributed by atoms with Gasteiger partial charge in [0.05, 0.1) is 17.6 Å². The van der Waals surface area contributed by atoms with Gasteiger partial charge in [-0.2, -0.15) is 8.78 Å². The molecule has 0 unspecified atom stereocenters. The van der Waals surface area contributed by atoms with E-state index >= 15 is 0 Å². The number of ether oxygens (including phenoxy) is 1. The minimum atomic E-state index is -3.07. The summed E-state index contributed by atoms with van der Waals surface area (Å²) in [6, 6.07) is 1.32. The van der Waals surface area contributed by atoms with Crippen molar-refractivity contribution in [3.63, 3.8) is 0 Å². The minimum Gasteiger partial charge on any atom is -0.443 e. The number of anilines is 2. The third-order valence-electron chi connectivity index (χ3n) is 2.79. The van der Waals surface area contributed by atoms with E-state index in [1.165, 1.54) is 6.07 Å². The van der Waals surface area contributed by atoms with Crippen molar-refractivity contribution in [3.05, 3.63) is 18.0 Å². The Morgan fingerprint density at radius 2 is 2.15 bits per heavy atom. The molecule has 0 saturated carbocycles. The van der Waals surface area contributed by atoms with Gasteiger partial charge in [-0.05, 0) is 26.8 Å². The molecule has 1 aromatic rings. The van der Waals surface area contributed by atoms with Gasteiger partial charge in [-0.15, -0.1) is 0 Å². The number of hydrogen-bond acceptors (Lipinski definition) is 4. The van der Waals surface area contributed by atoms with E-state index in [1.807, 2.05) is 0 Å². The number of alkyl halides is 2. The molecule has 7 heteroatoms. The van der Waals surface area contributed by atoms with E-state index in [-0.39, 0.29) is 17.9 Å². The number of fused-ring (bicyclic) bond motifs is 1. The number of nitrogen functional groups attached to an aromatic ring is 1. The van der Waals surface area contributed by atoms with Crippen LogP contribution in [0, 0.1) is 0 Å². The highest BCUT2D eigenvalue weighted by Crippen LogP contribution is 2.42. The van der Waals surface area contributed by atoms with Crippen LogP contribution >= 0.6 is 0 Å². The largest absolute Gasteiger partial charge is 0.443 e. The van der Waals surface area contributed by atoms with Gasteiger partial charge in [-0.25, -0.2) is 4.79 Å². The third-order valence-corrected chi connectivity index (χ3v) is 2.79. The highest BCUT2D eigenvalue weighted by Gasteiger charge is 2.43. The summed E-state index contributed by atoms with van der Waals surface area (Å²) in [7, 11) is 0. The van der Waals surface area contributed by atoms with E-state index in [4.69, 9.17) is 10.5 Å². The number of halogens is 2. The second-order valence-electron chi connectivity index (χ2n) is 5.72. The van der Waals surface area contributed by atoms with Crippen molar-refractivity contribution in [1.82, 2.24) is 4.98 Å². The van der Waals surface area contributed by atoms with Gasteiger partial charge in [0.15, 0.2) is 0 Å². The summed E-state index contributed by atoms with van der Waals surface area (Å²) in [5.41, 5.74) is 4.66. The highest BCUT2D eigenvalue weighted by molar-refractivity contribution is 5.90. The van der Waals surface area contributed by atoms with E-state index < -0.39 is 29.7 Å². The van der Waals surface area contributed by atoms with E-state index in [2.05, 4.69) is 4.98 Å². The summed E-state index contributed by atoms with van der Waals surface area (Å²) < 4.78 is 32.9. The number of rotatable bonds is 0. The number of pyridine rings is 1.